The van der Waals surface area contributed by atoms with Crippen molar-refractivity contribution in [3.8, 4) is 0 Å². The van der Waals surface area contributed by atoms with Crippen LogP contribution in [-0.4, -0.2) is 54.3 Å². The Bertz CT molecular complexity index is 620. The lowest BCUT2D eigenvalue weighted by Crippen LogP contribution is -2.37. The molecule has 23 heavy (non-hydrogen) atoms. The largest absolute Gasteiger partial charge is 0.396 e. The molecule has 0 radical (unpaired) electrons. The molecule has 2 aliphatic heterocycles. The van der Waals surface area contributed by atoms with E-state index >= 15 is 0 Å². The Kier molecular flexibility index (Phi) is 4.51. The lowest BCUT2D eigenvalue weighted by molar-refractivity contribution is 0.149. The number of likely N-dealkylation sites (tertiary alicyclic amines) is 1. The molecule has 0 spiro atoms. The Morgan fingerprint density at radius 2 is 1.87 bits per heavy atom. The Balaban J connectivity index is 1.47. The van der Waals surface area contributed by atoms with Gasteiger partial charge in [-0.25, -0.2) is 4.98 Å². The molecule has 2 aliphatic rings. The van der Waals surface area contributed by atoms with Crippen LogP contribution in [0, 0.1) is 11.8 Å². The zero-order valence-electron chi connectivity index (χ0n) is 13.5. The fourth-order valence-electron chi connectivity index (χ4n) is 3.98. The molecule has 1 aromatic heterocycles. The van der Waals surface area contributed by atoms with Gasteiger partial charge in [-0.1, -0.05) is 29.9 Å². The van der Waals surface area contributed by atoms with Crippen molar-refractivity contribution in [1.29, 1.82) is 0 Å². The number of benzene rings is 1. The van der Waals surface area contributed by atoms with E-state index in [1.165, 1.54) is 37.1 Å². The van der Waals surface area contributed by atoms with Crippen molar-refractivity contribution in [3.63, 3.8) is 0 Å². The first kappa shape index (κ1) is 15.4. The van der Waals surface area contributed by atoms with Gasteiger partial charge in [0.2, 0.25) is 0 Å². The number of rotatable bonds is 4. The summed E-state index contributed by atoms with van der Waals surface area (Å²) >= 11 is 1.77. The van der Waals surface area contributed by atoms with Gasteiger partial charge in [-0.15, -0.1) is 0 Å². The topological polar surface area (TPSA) is 39.6 Å². The van der Waals surface area contributed by atoms with Crippen LogP contribution in [0.15, 0.2) is 24.3 Å². The summed E-state index contributed by atoms with van der Waals surface area (Å²) in [7, 11) is 0. The summed E-state index contributed by atoms with van der Waals surface area (Å²) in [5, 5.41) is 10.9. The van der Waals surface area contributed by atoms with Crippen molar-refractivity contribution in [2.45, 2.75) is 19.3 Å². The zero-order valence-corrected chi connectivity index (χ0v) is 14.3. The fraction of sp³-hybridized carbons (Fsp3) is 0.611. The number of aliphatic hydroxyl groups is 1. The van der Waals surface area contributed by atoms with Gasteiger partial charge < -0.3 is 14.9 Å². The van der Waals surface area contributed by atoms with Crippen LogP contribution in [0.4, 0.5) is 5.13 Å². The molecule has 0 saturated carbocycles. The normalized spacial score (nSPS) is 26.2. The van der Waals surface area contributed by atoms with Crippen molar-refractivity contribution in [1.82, 2.24) is 9.88 Å². The summed E-state index contributed by atoms with van der Waals surface area (Å²) < 4.78 is 1.25. The Labute approximate surface area is 141 Å². The second-order valence-corrected chi connectivity index (χ2v) is 7.94. The van der Waals surface area contributed by atoms with E-state index in [2.05, 4.69) is 28.0 Å². The lowest BCUT2D eigenvalue weighted by atomic mass is 9.95. The van der Waals surface area contributed by atoms with Gasteiger partial charge in [0, 0.05) is 32.2 Å². The first-order valence-electron chi connectivity index (χ1n) is 8.77. The molecular weight excluding hydrogens is 306 g/mol. The van der Waals surface area contributed by atoms with Crippen LogP contribution in [-0.2, 0) is 0 Å². The van der Waals surface area contributed by atoms with Crippen molar-refractivity contribution in [2.75, 3.05) is 44.2 Å². The van der Waals surface area contributed by atoms with E-state index in [0.717, 1.165) is 30.3 Å². The van der Waals surface area contributed by atoms with Gasteiger partial charge in [0.05, 0.1) is 10.2 Å². The Hall–Kier alpha value is -1.17. The molecule has 0 bridgehead atoms. The van der Waals surface area contributed by atoms with E-state index in [9.17, 15) is 5.11 Å². The predicted octanol–water partition coefficient (Wildman–Crippen LogP) is 2.83. The molecule has 2 aromatic rings. The highest BCUT2D eigenvalue weighted by Crippen LogP contribution is 2.34. The minimum Gasteiger partial charge on any atom is -0.396 e. The summed E-state index contributed by atoms with van der Waals surface area (Å²) in [6, 6.07) is 8.34. The minimum atomic E-state index is 0.292. The van der Waals surface area contributed by atoms with Gasteiger partial charge in [0.15, 0.2) is 5.13 Å². The van der Waals surface area contributed by atoms with E-state index in [4.69, 9.17) is 4.98 Å². The van der Waals surface area contributed by atoms with E-state index in [-0.39, 0.29) is 0 Å². The third-order valence-corrected chi connectivity index (χ3v) is 6.40. The van der Waals surface area contributed by atoms with Gasteiger partial charge >= 0.3 is 0 Å². The summed E-state index contributed by atoms with van der Waals surface area (Å²) in [5.74, 6) is 0.939. The first-order chi connectivity index (χ1) is 11.3. The molecule has 2 atom stereocenters. The molecule has 2 saturated heterocycles. The molecular formula is C18H25N3OS. The first-order valence-corrected chi connectivity index (χ1v) is 9.59. The Morgan fingerprint density at radius 3 is 2.65 bits per heavy atom. The second-order valence-electron chi connectivity index (χ2n) is 6.93. The van der Waals surface area contributed by atoms with Crippen molar-refractivity contribution >= 4 is 26.7 Å². The van der Waals surface area contributed by atoms with E-state index < -0.39 is 0 Å². The number of aromatic nitrogens is 1. The summed E-state index contributed by atoms with van der Waals surface area (Å²) in [6.45, 7) is 5.86. The van der Waals surface area contributed by atoms with Gasteiger partial charge in [0.1, 0.15) is 0 Å². The molecule has 1 aromatic carbocycles. The van der Waals surface area contributed by atoms with E-state index in [1.54, 1.807) is 11.3 Å². The SMILES string of the molecule is OC[C@@H]1CN(c2nc3ccccc3s2)C[C@@H]1CN1CCCCC1. The van der Waals surface area contributed by atoms with Crippen molar-refractivity contribution in [3.05, 3.63) is 24.3 Å². The van der Waals surface area contributed by atoms with Crippen LogP contribution in [0.3, 0.4) is 0 Å². The number of aliphatic hydroxyl groups excluding tert-OH is 1. The second kappa shape index (κ2) is 6.75. The van der Waals surface area contributed by atoms with Crippen LogP contribution < -0.4 is 4.90 Å². The van der Waals surface area contributed by atoms with Crippen molar-refractivity contribution in [2.24, 2.45) is 11.8 Å². The molecule has 0 unspecified atom stereocenters. The van der Waals surface area contributed by atoms with Gasteiger partial charge in [-0.3, -0.25) is 0 Å². The predicted molar refractivity (Wildman–Crippen MR) is 96.2 cm³/mol. The van der Waals surface area contributed by atoms with Crippen molar-refractivity contribution < 1.29 is 5.11 Å². The maximum atomic E-state index is 9.81. The number of thiazole rings is 1. The standard InChI is InChI=1S/C18H25N3OS/c22-13-15-12-21(11-14(15)10-20-8-4-1-5-9-20)18-19-16-6-2-3-7-17(16)23-18/h2-3,6-7,14-15,22H,1,4-5,8-13H2/t14-,15-/m0/s1. The number of piperidine rings is 1. The van der Waals surface area contributed by atoms with Crippen LogP contribution in [0.1, 0.15) is 19.3 Å². The average molecular weight is 331 g/mol. The van der Waals surface area contributed by atoms with Crippen LogP contribution in [0.5, 0.6) is 0 Å². The van der Waals surface area contributed by atoms with E-state index in [1.807, 2.05) is 6.07 Å². The molecule has 4 nitrogen and oxygen atoms in total. The Morgan fingerprint density at radius 1 is 1.09 bits per heavy atom. The molecule has 4 rings (SSSR count). The van der Waals surface area contributed by atoms with E-state index in [0.29, 0.717) is 18.4 Å². The molecule has 2 fully saturated rings. The highest BCUT2D eigenvalue weighted by atomic mass is 32.1. The number of hydrogen-bond acceptors (Lipinski definition) is 5. The third kappa shape index (κ3) is 3.23. The molecule has 124 valence electrons. The number of para-hydroxylation sites is 1. The summed E-state index contributed by atoms with van der Waals surface area (Å²) in [5.41, 5.74) is 1.09. The van der Waals surface area contributed by atoms with Crippen LogP contribution in [0.25, 0.3) is 10.2 Å². The van der Waals surface area contributed by atoms with Crippen LogP contribution >= 0.6 is 11.3 Å². The minimum absolute atomic E-state index is 0.292. The third-order valence-electron chi connectivity index (χ3n) is 5.31. The number of anilines is 1. The van der Waals surface area contributed by atoms with Gasteiger partial charge in [-0.05, 0) is 44.0 Å². The summed E-state index contributed by atoms with van der Waals surface area (Å²) in [4.78, 5) is 9.78. The fourth-order valence-corrected chi connectivity index (χ4v) is 4.96. The smallest absolute Gasteiger partial charge is 0.186 e. The monoisotopic (exact) mass is 331 g/mol. The number of nitrogens with zero attached hydrogens (tertiary/aromatic N) is 3. The number of fused-ring (bicyclic) bond motifs is 1. The molecule has 5 heteroatoms. The highest BCUT2D eigenvalue weighted by molar-refractivity contribution is 7.22. The summed E-state index contributed by atoms with van der Waals surface area (Å²) in [6.07, 6.45) is 4.04. The molecule has 0 aliphatic carbocycles. The quantitative estimate of drug-likeness (QED) is 0.935. The van der Waals surface area contributed by atoms with Gasteiger partial charge in [0.25, 0.3) is 0 Å². The average Bonchev–Trinajstić information content (AvgIpc) is 3.19. The lowest BCUT2D eigenvalue weighted by Gasteiger charge is -2.30. The number of hydrogen-bond donors (Lipinski definition) is 1. The van der Waals surface area contributed by atoms with Crippen LogP contribution in [0.2, 0.25) is 0 Å². The highest BCUT2D eigenvalue weighted by Gasteiger charge is 2.34. The van der Waals surface area contributed by atoms with Gasteiger partial charge in [-0.2, -0.15) is 0 Å². The molecule has 0 amide bonds. The molecule has 3 heterocycles. The zero-order chi connectivity index (χ0) is 15.6. The maximum Gasteiger partial charge on any atom is 0.186 e. The molecule has 1 N–H and O–H groups in total. The maximum absolute atomic E-state index is 9.81.